The molecule has 0 saturated heterocycles. The van der Waals surface area contributed by atoms with Gasteiger partial charge < -0.3 is 0 Å². The summed E-state index contributed by atoms with van der Waals surface area (Å²) >= 11 is 5.79. The van der Waals surface area contributed by atoms with Gasteiger partial charge in [-0.05, 0) is 25.1 Å². The van der Waals surface area contributed by atoms with Gasteiger partial charge in [0.15, 0.2) is 5.65 Å². The van der Waals surface area contributed by atoms with Crippen molar-refractivity contribution in [3.63, 3.8) is 0 Å². The van der Waals surface area contributed by atoms with E-state index in [1.54, 1.807) is 16.9 Å². The summed E-state index contributed by atoms with van der Waals surface area (Å²) in [7, 11) is 0. The zero-order valence-corrected chi connectivity index (χ0v) is 14.4. The summed E-state index contributed by atoms with van der Waals surface area (Å²) in [6, 6.07) is 4.25. The molecule has 0 bridgehead atoms. The number of aryl methyl sites for hydroxylation is 1. The van der Waals surface area contributed by atoms with E-state index in [9.17, 15) is 9.18 Å². The van der Waals surface area contributed by atoms with Crippen LogP contribution in [0.4, 0.5) is 4.39 Å². The zero-order chi connectivity index (χ0) is 18.3. The van der Waals surface area contributed by atoms with Gasteiger partial charge in [-0.2, -0.15) is 5.10 Å². The number of halogens is 2. The van der Waals surface area contributed by atoms with E-state index >= 15 is 0 Å². The van der Waals surface area contributed by atoms with Crippen LogP contribution in [0.15, 0.2) is 41.7 Å². The monoisotopic (exact) mass is 373 g/mol. The minimum atomic E-state index is -0.505. The summed E-state index contributed by atoms with van der Waals surface area (Å²) in [6.45, 7) is 2.77. The van der Waals surface area contributed by atoms with E-state index in [-0.39, 0.29) is 17.1 Å². The summed E-state index contributed by atoms with van der Waals surface area (Å²) in [4.78, 5) is 16.9. The molecule has 0 radical (unpaired) electrons. The molecule has 4 rings (SSSR count). The van der Waals surface area contributed by atoms with E-state index in [0.29, 0.717) is 29.0 Å². The molecular formula is C16H13ClFN7O. The maximum Gasteiger partial charge on any atom is 0.264 e. The van der Waals surface area contributed by atoms with E-state index < -0.39 is 5.82 Å². The third-order valence-corrected chi connectivity index (χ3v) is 4.25. The van der Waals surface area contributed by atoms with Gasteiger partial charge in [-0.15, -0.1) is 5.10 Å². The first kappa shape index (κ1) is 16.4. The molecule has 0 aliphatic rings. The Kier molecular flexibility index (Phi) is 4.00. The Morgan fingerprint density at radius 1 is 1.31 bits per heavy atom. The first-order valence-corrected chi connectivity index (χ1v) is 8.22. The van der Waals surface area contributed by atoms with Crippen LogP contribution >= 0.6 is 11.6 Å². The molecule has 0 saturated carbocycles. The summed E-state index contributed by atoms with van der Waals surface area (Å²) in [6.07, 6.45) is 4.63. The molecular weight excluding hydrogens is 361 g/mol. The molecule has 0 atom stereocenters. The van der Waals surface area contributed by atoms with Crippen LogP contribution in [0.5, 0.6) is 0 Å². The Balaban J connectivity index is 1.65. The number of hydrogen-bond donors (Lipinski definition) is 0. The molecule has 4 aromatic rings. The lowest BCUT2D eigenvalue weighted by Crippen LogP contribution is -2.21. The van der Waals surface area contributed by atoms with Gasteiger partial charge in [0.1, 0.15) is 23.2 Å². The molecule has 0 unspecified atom stereocenters. The molecule has 132 valence electrons. The van der Waals surface area contributed by atoms with E-state index in [1.807, 2.05) is 6.92 Å². The Morgan fingerprint density at radius 2 is 2.15 bits per heavy atom. The van der Waals surface area contributed by atoms with Crippen molar-refractivity contribution >= 4 is 22.6 Å². The highest BCUT2D eigenvalue weighted by Crippen LogP contribution is 2.18. The number of rotatable bonds is 4. The lowest BCUT2D eigenvalue weighted by atomic mass is 10.3. The van der Waals surface area contributed by atoms with Gasteiger partial charge in [0.25, 0.3) is 5.56 Å². The predicted octanol–water partition coefficient (Wildman–Crippen LogP) is 2.03. The minimum Gasteiger partial charge on any atom is -0.292 e. The number of benzene rings is 1. The molecule has 3 heterocycles. The molecule has 8 nitrogen and oxygen atoms in total. The van der Waals surface area contributed by atoms with E-state index in [1.165, 1.54) is 33.9 Å². The molecule has 0 fully saturated rings. The highest BCUT2D eigenvalue weighted by Gasteiger charge is 2.11. The maximum atomic E-state index is 13.3. The third-order valence-electron chi connectivity index (χ3n) is 3.96. The van der Waals surface area contributed by atoms with Crippen molar-refractivity contribution in [2.45, 2.75) is 20.0 Å². The molecule has 0 aliphatic carbocycles. The fraction of sp³-hybridized carbons (Fsp3) is 0.188. The summed E-state index contributed by atoms with van der Waals surface area (Å²) in [5, 5.41) is 12.6. The Bertz CT molecular complexity index is 1160. The first-order valence-electron chi connectivity index (χ1n) is 7.84. The minimum absolute atomic E-state index is 0.00152. The van der Waals surface area contributed by atoms with Gasteiger partial charge in [-0.3, -0.25) is 9.36 Å². The van der Waals surface area contributed by atoms with Crippen LogP contribution in [0.2, 0.25) is 5.02 Å². The van der Waals surface area contributed by atoms with Gasteiger partial charge in [-0.25, -0.2) is 18.7 Å². The molecule has 1 aromatic carbocycles. The quantitative estimate of drug-likeness (QED) is 0.546. The predicted molar refractivity (Wildman–Crippen MR) is 92.9 cm³/mol. The van der Waals surface area contributed by atoms with Crippen molar-refractivity contribution in [2.24, 2.45) is 0 Å². The van der Waals surface area contributed by atoms with Crippen molar-refractivity contribution in [3.8, 4) is 5.69 Å². The largest absolute Gasteiger partial charge is 0.292 e. The molecule has 0 spiro atoms. The van der Waals surface area contributed by atoms with Gasteiger partial charge in [0.05, 0.1) is 29.6 Å². The van der Waals surface area contributed by atoms with Crippen molar-refractivity contribution < 1.29 is 4.39 Å². The zero-order valence-electron chi connectivity index (χ0n) is 13.7. The van der Waals surface area contributed by atoms with Gasteiger partial charge in [0, 0.05) is 6.54 Å². The van der Waals surface area contributed by atoms with Crippen molar-refractivity contribution in [3.05, 3.63) is 63.8 Å². The van der Waals surface area contributed by atoms with E-state index in [4.69, 9.17) is 11.6 Å². The number of hydrogen-bond acceptors (Lipinski definition) is 5. The number of aromatic nitrogens is 7. The SMILES string of the molecule is CCn1ncc2c(=O)n(Cc3cn(-c4ccc(F)c(Cl)c4)nn3)cnc21. The highest BCUT2D eigenvalue weighted by molar-refractivity contribution is 6.30. The van der Waals surface area contributed by atoms with Crippen LogP contribution < -0.4 is 5.56 Å². The topological polar surface area (TPSA) is 83.4 Å². The van der Waals surface area contributed by atoms with Crippen LogP contribution in [-0.2, 0) is 13.1 Å². The second kappa shape index (κ2) is 6.34. The van der Waals surface area contributed by atoms with E-state index in [0.717, 1.165) is 0 Å². The molecule has 0 amide bonds. The van der Waals surface area contributed by atoms with Crippen LogP contribution in [0, 0.1) is 5.82 Å². The fourth-order valence-electron chi connectivity index (χ4n) is 2.64. The lowest BCUT2D eigenvalue weighted by Gasteiger charge is -2.03. The van der Waals surface area contributed by atoms with Gasteiger partial charge in [-0.1, -0.05) is 16.8 Å². The van der Waals surface area contributed by atoms with Crippen LogP contribution in [0.1, 0.15) is 12.6 Å². The Hall–Kier alpha value is -3.07. The fourth-order valence-corrected chi connectivity index (χ4v) is 2.82. The summed E-state index contributed by atoms with van der Waals surface area (Å²) in [5.41, 5.74) is 1.48. The smallest absolute Gasteiger partial charge is 0.264 e. The number of fused-ring (bicyclic) bond motifs is 1. The molecule has 10 heteroatoms. The summed E-state index contributed by atoms with van der Waals surface area (Å²) in [5.74, 6) is -0.505. The average Bonchev–Trinajstić information content (AvgIpc) is 3.27. The van der Waals surface area contributed by atoms with Crippen LogP contribution in [0.3, 0.4) is 0 Å². The average molecular weight is 374 g/mol. The van der Waals surface area contributed by atoms with Crippen molar-refractivity contribution in [2.75, 3.05) is 0 Å². The standard InChI is InChI=1S/C16H13ClFN7O/c1-2-24-15-12(6-20-24)16(26)23(9-19-15)7-10-8-25(22-21-10)11-3-4-14(18)13(17)5-11/h3-6,8-9H,2,7H2,1H3. The van der Waals surface area contributed by atoms with Gasteiger partial charge in [0.2, 0.25) is 0 Å². The maximum absolute atomic E-state index is 13.3. The Labute approximate surface area is 151 Å². The van der Waals surface area contributed by atoms with Crippen molar-refractivity contribution in [1.82, 2.24) is 34.3 Å². The second-order valence-electron chi connectivity index (χ2n) is 5.63. The van der Waals surface area contributed by atoms with E-state index in [2.05, 4.69) is 20.4 Å². The molecule has 0 N–H and O–H groups in total. The van der Waals surface area contributed by atoms with Crippen LogP contribution in [0.25, 0.3) is 16.7 Å². The Morgan fingerprint density at radius 3 is 2.92 bits per heavy atom. The second-order valence-corrected chi connectivity index (χ2v) is 6.04. The third kappa shape index (κ3) is 2.76. The number of nitrogens with zero attached hydrogens (tertiary/aromatic N) is 7. The summed E-state index contributed by atoms with van der Waals surface area (Å²) < 4.78 is 17.8. The molecule has 26 heavy (non-hydrogen) atoms. The molecule has 0 aliphatic heterocycles. The highest BCUT2D eigenvalue weighted by atomic mass is 35.5. The van der Waals surface area contributed by atoms with Gasteiger partial charge >= 0.3 is 0 Å². The molecule has 3 aromatic heterocycles. The lowest BCUT2D eigenvalue weighted by molar-refractivity contribution is 0.627. The normalized spacial score (nSPS) is 11.3. The van der Waals surface area contributed by atoms with Crippen molar-refractivity contribution in [1.29, 1.82) is 0 Å². The first-order chi connectivity index (χ1) is 12.6. The van der Waals surface area contributed by atoms with Crippen LogP contribution in [-0.4, -0.2) is 34.3 Å².